The van der Waals surface area contributed by atoms with Crippen LogP contribution in [0.1, 0.15) is 22.9 Å². The first-order valence-electron chi connectivity index (χ1n) is 12.6. The minimum atomic E-state index is -1.94. The molecule has 0 spiro atoms. The van der Waals surface area contributed by atoms with Gasteiger partial charge in [-0.15, -0.1) is 0 Å². The SMILES string of the molecule is COc1ccc(C(OC[C@H]2O[C@@H](n3ccc(=O)[nH]c3=O)[C@@H](F)[C@H]2O)(c2ccccc2)c2ccc(OC)cc2)cc1. The Kier molecular flexibility index (Phi) is 7.83. The lowest BCUT2D eigenvalue weighted by Gasteiger charge is -2.37. The van der Waals surface area contributed by atoms with Crippen molar-refractivity contribution >= 4 is 0 Å². The maximum atomic E-state index is 15.2. The van der Waals surface area contributed by atoms with Gasteiger partial charge in [0.2, 0.25) is 0 Å². The predicted molar refractivity (Wildman–Crippen MR) is 144 cm³/mol. The molecule has 1 aromatic heterocycles. The number of alkyl halides is 1. The summed E-state index contributed by atoms with van der Waals surface area (Å²) >= 11 is 0. The summed E-state index contributed by atoms with van der Waals surface area (Å²) < 4.78 is 39.4. The number of nitrogens with one attached hydrogen (secondary N) is 1. The number of benzene rings is 3. The Labute approximate surface area is 229 Å². The van der Waals surface area contributed by atoms with E-state index in [0.29, 0.717) is 11.5 Å². The van der Waals surface area contributed by atoms with E-state index in [0.717, 1.165) is 33.5 Å². The Balaban J connectivity index is 1.56. The van der Waals surface area contributed by atoms with Crippen LogP contribution in [0.15, 0.2) is 101 Å². The zero-order chi connectivity index (χ0) is 28.3. The molecule has 5 rings (SSSR count). The van der Waals surface area contributed by atoms with Gasteiger partial charge in [0, 0.05) is 12.3 Å². The van der Waals surface area contributed by atoms with Crippen LogP contribution in [-0.4, -0.2) is 53.9 Å². The average Bonchev–Trinajstić information content (AvgIpc) is 3.27. The number of methoxy groups -OCH3 is 2. The van der Waals surface area contributed by atoms with Crippen molar-refractivity contribution in [2.75, 3.05) is 20.8 Å². The highest BCUT2D eigenvalue weighted by molar-refractivity contribution is 5.49. The van der Waals surface area contributed by atoms with Gasteiger partial charge in [-0.05, 0) is 41.0 Å². The molecular weight excluding hydrogens is 519 g/mol. The maximum absolute atomic E-state index is 15.2. The van der Waals surface area contributed by atoms with Gasteiger partial charge < -0.3 is 24.1 Å². The fourth-order valence-electron chi connectivity index (χ4n) is 4.97. The van der Waals surface area contributed by atoms with Crippen LogP contribution in [0.4, 0.5) is 4.39 Å². The number of hydrogen-bond donors (Lipinski definition) is 2. The maximum Gasteiger partial charge on any atom is 0.330 e. The van der Waals surface area contributed by atoms with Gasteiger partial charge in [-0.2, -0.15) is 0 Å². The second-order valence-electron chi connectivity index (χ2n) is 9.33. The summed E-state index contributed by atoms with van der Waals surface area (Å²) in [6.07, 6.45) is -4.97. The van der Waals surface area contributed by atoms with Crippen molar-refractivity contribution in [3.8, 4) is 11.5 Å². The summed E-state index contributed by atoms with van der Waals surface area (Å²) in [6.45, 7) is -0.233. The number of aliphatic hydroxyl groups excluding tert-OH is 1. The van der Waals surface area contributed by atoms with Gasteiger partial charge in [0.15, 0.2) is 12.4 Å². The molecule has 4 atom stereocenters. The molecule has 1 saturated heterocycles. The fourth-order valence-corrected chi connectivity index (χ4v) is 4.97. The van der Waals surface area contributed by atoms with Crippen molar-refractivity contribution in [2.45, 2.75) is 30.2 Å². The van der Waals surface area contributed by atoms with Gasteiger partial charge in [-0.3, -0.25) is 14.3 Å². The number of halogens is 1. The molecule has 0 saturated carbocycles. The van der Waals surface area contributed by atoms with E-state index in [1.807, 2.05) is 78.9 Å². The molecule has 3 aromatic carbocycles. The molecule has 0 amide bonds. The molecule has 0 unspecified atom stereocenters. The summed E-state index contributed by atoms with van der Waals surface area (Å²) in [5.41, 5.74) is -0.389. The Morgan fingerprint density at radius 2 is 1.43 bits per heavy atom. The number of rotatable bonds is 9. The van der Waals surface area contributed by atoms with Crippen molar-refractivity contribution in [3.05, 3.63) is 129 Å². The van der Waals surface area contributed by atoms with Gasteiger partial charge in [0.25, 0.3) is 5.56 Å². The fraction of sp³-hybridized carbons (Fsp3) is 0.267. The van der Waals surface area contributed by atoms with E-state index in [4.69, 9.17) is 18.9 Å². The van der Waals surface area contributed by atoms with E-state index in [1.165, 1.54) is 0 Å². The lowest BCUT2D eigenvalue weighted by Crippen LogP contribution is -2.39. The normalized spacial score (nSPS) is 20.8. The molecule has 40 heavy (non-hydrogen) atoms. The summed E-state index contributed by atoms with van der Waals surface area (Å²) in [6, 6.07) is 25.4. The molecule has 1 fully saturated rings. The molecule has 208 valence electrons. The Hall–Kier alpha value is -4.25. The molecule has 4 aromatic rings. The summed E-state index contributed by atoms with van der Waals surface area (Å²) in [5, 5.41) is 10.8. The van der Waals surface area contributed by atoms with Gasteiger partial charge >= 0.3 is 5.69 Å². The van der Waals surface area contributed by atoms with E-state index in [2.05, 4.69) is 4.98 Å². The Morgan fingerprint density at radius 3 is 1.95 bits per heavy atom. The van der Waals surface area contributed by atoms with Gasteiger partial charge in [-0.1, -0.05) is 54.6 Å². The monoisotopic (exact) mass is 548 g/mol. The molecular formula is C30H29FN2O7. The van der Waals surface area contributed by atoms with E-state index < -0.39 is 41.5 Å². The van der Waals surface area contributed by atoms with Crippen LogP contribution in [0, 0.1) is 0 Å². The van der Waals surface area contributed by atoms with Crippen molar-refractivity contribution in [3.63, 3.8) is 0 Å². The highest BCUT2D eigenvalue weighted by Crippen LogP contribution is 2.43. The minimum absolute atomic E-state index is 0.233. The van der Waals surface area contributed by atoms with Crippen LogP contribution in [0.5, 0.6) is 11.5 Å². The molecule has 2 heterocycles. The number of aliphatic hydroxyl groups is 1. The van der Waals surface area contributed by atoms with Crippen LogP contribution >= 0.6 is 0 Å². The summed E-state index contributed by atoms with van der Waals surface area (Å²) in [4.78, 5) is 25.8. The van der Waals surface area contributed by atoms with Crippen LogP contribution in [0.3, 0.4) is 0 Å². The number of aromatic amines is 1. The van der Waals surface area contributed by atoms with Gasteiger partial charge in [-0.25, -0.2) is 9.18 Å². The first kappa shape index (κ1) is 27.3. The molecule has 1 aliphatic heterocycles. The van der Waals surface area contributed by atoms with E-state index >= 15 is 4.39 Å². The summed E-state index contributed by atoms with van der Waals surface area (Å²) in [7, 11) is 3.16. The average molecular weight is 549 g/mol. The van der Waals surface area contributed by atoms with Crippen molar-refractivity contribution < 1.29 is 28.4 Å². The third-order valence-electron chi connectivity index (χ3n) is 7.06. The third-order valence-corrected chi connectivity index (χ3v) is 7.06. The highest BCUT2D eigenvalue weighted by atomic mass is 19.1. The highest BCUT2D eigenvalue weighted by Gasteiger charge is 2.47. The van der Waals surface area contributed by atoms with Gasteiger partial charge in [0.05, 0.1) is 20.8 Å². The summed E-state index contributed by atoms with van der Waals surface area (Å²) in [5.74, 6) is 1.31. The molecule has 0 aliphatic carbocycles. The zero-order valence-electron chi connectivity index (χ0n) is 21.9. The van der Waals surface area contributed by atoms with Crippen LogP contribution < -0.4 is 20.7 Å². The van der Waals surface area contributed by atoms with Crippen molar-refractivity contribution in [1.29, 1.82) is 0 Å². The minimum Gasteiger partial charge on any atom is -0.497 e. The molecule has 9 nitrogen and oxygen atoms in total. The molecule has 0 bridgehead atoms. The Bertz CT molecular complexity index is 1490. The number of hydrogen-bond acceptors (Lipinski definition) is 7. The van der Waals surface area contributed by atoms with E-state index in [9.17, 15) is 14.7 Å². The first-order chi connectivity index (χ1) is 19.4. The number of H-pyrrole nitrogens is 1. The van der Waals surface area contributed by atoms with Crippen LogP contribution in [0.2, 0.25) is 0 Å². The first-order valence-corrected chi connectivity index (χ1v) is 12.6. The standard InChI is InChI=1S/C30H29FN2O7/c1-37-22-12-8-20(9-13-22)30(19-6-4-3-5-7-19,21-10-14-23(38-2)15-11-21)39-18-24-27(35)26(31)28(40-24)33-17-16-25(34)32-29(33)36/h3-17,24,26-28,35H,18H2,1-2H3,(H,32,34,36)/t24-,26+,27+,28-/m1/s1. The molecule has 10 heteroatoms. The third kappa shape index (κ3) is 5.04. The molecule has 1 aliphatic rings. The van der Waals surface area contributed by atoms with Crippen LogP contribution in [-0.2, 0) is 15.1 Å². The van der Waals surface area contributed by atoms with Gasteiger partial charge in [0.1, 0.15) is 29.3 Å². The molecule has 0 radical (unpaired) electrons. The van der Waals surface area contributed by atoms with Crippen LogP contribution in [0.25, 0.3) is 0 Å². The molecule has 2 N–H and O–H groups in total. The van der Waals surface area contributed by atoms with E-state index in [1.54, 1.807) is 14.2 Å². The predicted octanol–water partition coefficient (Wildman–Crippen LogP) is 3.16. The second-order valence-corrected chi connectivity index (χ2v) is 9.33. The number of nitrogens with zero attached hydrogens (tertiary/aromatic N) is 1. The Morgan fingerprint density at radius 1 is 0.875 bits per heavy atom. The number of ether oxygens (including phenoxy) is 4. The van der Waals surface area contributed by atoms with E-state index in [-0.39, 0.29) is 6.61 Å². The van der Waals surface area contributed by atoms with Crippen molar-refractivity contribution in [1.82, 2.24) is 9.55 Å². The topological polar surface area (TPSA) is 112 Å². The zero-order valence-corrected chi connectivity index (χ0v) is 21.9. The lowest BCUT2D eigenvalue weighted by molar-refractivity contribution is -0.0950. The largest absolute Gasteiger partial charge is 0.497 e. The second kappa shape index (κ2) is 11.5. The smallest absolute Gasteiger partial charge is 0.330 e. The number of aromatic nitrogens is 2. The quantitative estimate of drug-likeness (QED) is 0.309. The lowest BCUT2D eigenvalue weighted by atomic mass is 9.80. The van der Waals surface area contributed by atoms with Crippen molar-refractivity contribution in [2.24, 2.45) is 0 Å².